The van der Waals surface area contributed by atoms with Crippen molar-refractivity contribution in [1.29, 1.82) is 0 Å². The highest BCUT2D eigenvalue weighted by atomic mass is 16.5. The molecule has 0 aromatic heterocycles. The van der Waals surface area contributed by atoms with E-state index in [2.05, 4.69) is 0 Å². The molecule has 22 heavy (non-hydrogen) atoms. The number of methoxy groups -OCH3 is 1. The molecule has 1 spiro atoms. The normalized spacial score (nSPS) is 35.1. The number of para-hydroxylation sites is 1. The van der Waals surface area contributed by atoms with E-state index in [4.69, 9.17) is 9.47 Å². The number of esters is 1. The Morgan fingerprint density at radius 1 is 1.41 bits per heavy atom. The Morgan fingerprint density at radius 2 is 2.18 bits per heavy atom. The summed E-state index contributed by atoms with van der Waals surface area (Å²) in [6.45, 7) is 2.42. The Bertz CT molecular complexity index is 698. The molecule has 0 radical (unpaired) electrons. The second kappa shape index (κ2) is 4.43. The number of benzene rings is 1. The van der Waals surface area contributed by atoms with Gasteiger partial charge in [-0.1, -0.05) is 30.4 Å². The van der Waals surface area contributed by atoms with Gasteiger partial charge >= 0.3 is 5.97 Å². The number of rotatable bonds is 2. The molecule has 4 rings (SSSR count). The zero-order valence-electron chi connectivity index (χ0n) is 12.5. The largest absolute Gasteiger partial charge is 0.469 e. The topological polar surface area (TPSA) is 55.8 Å². The van der Waals surface area contributed by atoms with Crippen molar-refractivity contribution in [2.75, 3.05) is 18.6 Å². The van der Waals surface area contributed by atoms with Crippen LogP contribution in [-0.2, 0) is 19.1 Å². The highest BCUT2D eigenvalue weighted by Gasteiger charge is 2.67. The summed E-state index contributed by atoms with van der Waals surface area (Å²) < 4.78 is 10.9. The maximum Gasteiger partial charge on any atom is 0.312 e. The Balaban J connectivity index is 1.75. The Morgan fingerprint density at radius 3 is 2.91 bits per heavy atom. The monoisotopic (exact) mass is 299 g/mol. The molecule has 3 heterocycles. The molecular weight excluding hydrogens is 282 g/mol. The van der Waals surface area contributed by atoms with E-state index in [0.29, 0.717) is 6.54 Å². The lowest BCUT2D eigenvalue weighted by atomic mass is 9.77. The first-order valence-corrected chi connectivity index (χ1v) is 7.39. The van der Waals surface area contributed by atoms with Crippen molar-refractivity contribution in [3.63, 3.8) is 0 Å². The lowest BCUT2D eigenvalue weighted by Crippen LogP contribution is -2.39. The third-order valence-corrected chi connectivity index (χ3v) is 4.98. The van der Waals surface area contributed by atoms with Crippen LogP contribution in [0.25, 0.3) is 0 Å². The van der Waals surface area contributed by atoms with Gasteiger partial charge in [-0.15, -0.1) is 0 Å². The summed E-state index contributed by atoms with van der Waals surface area (Å²) in [5.41, 5.74) is 1.21. The van der Waals surface area contributed by atoms with E-state index in [1.165, 1.54) is 7.11 Å². The van der Waals surface area contributed by atoms with E-state index in [-0.39, 0.29) is 18.0 Å². The molecule has 3 aliphatic rings. The first-order valence-electron chi connectivity index (χ1n) is 7.39. The van der Waals surface area contributed by atoms with Gasteiger partial charge in [0, 0.05) is 5.69 Å². The molecular formula is C17H17NO4. The Hall–Kier alpha value is -2.14. The summed E-state index contributed by atoms with van der Waals surface area (Å²) in [6, 6.07) is 7.75. The first-order chi connectivity index (χ1) is 10.6. The number of nitrogens with zero attached hydrogens (tertiary/aromatic N) is 1. The smallest absolute Gasteiger partial charge is 0.312 e. The number of carbonyl (C=O) groups excluding carboxylic acids is 2. The van der Waals surface area contributed by atoms with E-state index in [1.807, 2.05) is 43.3 Å². The van der Waals surface area contributed by atoms with E-state index in [9.17, 15) is 9.59 Å². The Labute approximate surface area is 128 Å². The van der Waals surface area contributed by atoms with Crippen LogP contribution >= 0.6 is 0 Å². The molecule has 1 aromatic rings. The van der Waals surface area contributed by atoms with Gasteiger partial charge in [-0.25, -0.2) is 0 Å². The third kappa shape index (κ3) is 1.57. The number of hydrogen-bond donors (Lipinski definition) is 0. The second-order valence-electron chi connectivity index (χ2n) is 6.13. The van der Waals surface area contributed by atoms with Crippen LogP contribution in [0, 0.1) is 18.8 Å². The van der Waals surface area contributed by atoms with Crippen molar-refractivity contribution in [3.05, 3.63) is 42.0 Å². The molecule has 3 aliphatic heterocycles. The molecule has 2 fully saturated rings. The molecule has 114 valence electrons. The summed E-state index contributed by atoms with van der Waals surface area (Å²) >= 11 is 0. The highest BCUT2D eigenvalue weighted by molar-refractivity contribution is 6.03. The zero-order chi connectivity index (χ0) is 15.5. The summed E-state index contributed by atoms with van der Waals surface area (Å²) in [5, 5.41) is 0. The lowest BCUT2D eigenvalue weighted by molar-refractivity contribution is -0.149. The van der Waals surface area contributed by atoms with Gasteiger partial charge in [-0.3, -0.25) is 9.59 Å². The van der Waals surface area contributed by atoms with E-state index in [0.717, 1.165) is 11.3 Å². The number of aryl methyl sites for hydroxylation is 1. The molecule has 0 N–H and O–H groups in total. The summed E-state index contributed by atoms with van der Waals surface area (Å²) in [4.78, 5) is 26.8. The fourth-order valence-corrected chi connectivity index (χ4v) is 3.97. The van der Waals surface area contributed by atoms with Crippen molar-refractivity contribution in [3.8, 4) is 0 Å². The molecule has 5 nitrogen and oxygen atoms in total. The third-order valence-electron chi connectivity index (χ3n) is 4.98. The number of fused-ring (bicyclic) bond motifs is 1. The van der Waals surface area contributed by atoms with Crippen LogP contribution in [0.2, 0.25) is 0 Å². The van der Waals surface area contributed by atoms with Crippen LogP contribution in [0.1, 0.15) is 5.56 Å². The van der Waals surface area contributed by atoms with Gasteiger partial charge in [0.2, 0.25) is 5.91 Å². The average Bonchev–Trinajstić information content (AvgIpc) is 3.15. The predicted octanol–water partition coefficient (Wildman–Crippen LogP) is 1.45. The molecule has 0 aliphatic carbocycles. The standard InChI is InChI=1S/C17H17NO4/c1-10-5-3-4-6-11(10)18-9-17-8-7-12(22-17)13(16(20)21-2)14(17)15(18)19/h3-8,12-14H,9H2,1-2H3/t12-,13-,14+,17-/m0/s1. The molecule has 4 atom stereocenters. The first kappa shape index (κ1) is 13.5. The van der Waals surface area contributed by atoms with Crippen LogP contribution in [0.5, 0.6) is 0 Å². The number of amides is 1. The van der Waals surface area contributed by atoms with Gasteiger partial charge in [0.25, 0.3) is 0 Å². The van der Waals surface area contributed by atoms with Gasteiger partial charge in [0.15, 0.2) is 0 Å². The molecule has 0 unspecified atom stereocenters. The average molecular weight is 299 g/mol. The van der Waals surface area contributed by atoms with Gasteiger partial charge in [-0.05, 0) is 18.6 Å². The second-order valence-corrected chi connectivity index (χ2v) is 6.13. The fraction of sp³-hybridized carbons (Fsp3) is 0.412. The van der Waals surface area contributed by atoms with Crippen molar-refractivity contribution >= 4 is 17.6 Å². The predicted molar refractivity (Wildman–Crippen MR) is 79.3 cm³/mol. The van der Waals surface area contributed by atoms with Crippen LogP contribution in [0.4, 0.5) is 5.69 Å². The van der Waals surface area contributed by atoms with Gasteiger partial charge in [0.1, 0.15) is 11.5 Å². The van der Waals surface area contributed by atoms with E-state index < -0.39 is 17.4 Å². The molecule has 1 amide bonds. The Kier molecular flexibility index (Phi) is 2.72. The van der Waals surface area contributed by atoms with E-state index >= 15 is 0 Å². The minimum absolute atomic E-state index is 0.0587. The highest BCUT2D eigenvalue weighted by Crippen LogP contribution is 2.53. The number of hydrogen-bond acceptors (Lipinski definition) is 4. The molecule has 0 saturated carbocycles. The van der Waals surface area contributed by atoms with Crippen molar-refractivity contribution < 1.29 is 19.1 Å². The summed E-state index contributed by atoms with van der Waals surface area (Å²) in [5.74, 6) is -1.47. The SMILES string of the molecule is COC(=O)[C@H]1[C@@H]2C=C[C@@]3(CN(c4ccccc4C)C(=O)[C@@H]13)O2. The maximum atomic E-state index is 13.0. The van der Waals surface area contributed by atoms with E-state index in [1.54, 1.807) is 4.90 Å². The van der Waals surface area contributed by atoms with Crippen LogP contribution in [0.15, 0.2) is 36.4 Å². The lowest BCUT2D eigenvalue weighted by Gasteiger charge is -2.22. The molecule has 5 heteroatoms. The van der Waals surface area contributed by atoms with Crippen LogP contribution in [-0.4, -0.2) is 37.2 Å². The minimum atomic E-state index is -0.692. The maximum absolute atomic E-state index is 13.0. The van der Waals surface area contributed by atoms with Crippen molar-refractivity contribution in [1.82, 2.24) is 0 Å². The minimum Gasteiger partial charge on any atom is -0.469 e. The van der Waals surface area contributed by atoms with Crippen molar-refractivity contribution in [2.24, 2.45) is 11.8 Å². The zero-order valence-corrected chi connectivity index (χ0v) is 12.5. The fourth-order valence-electron chi connectivity index (χ4n) is 3.97. The van der Waals surface area contributed by atoms with Gasteiger partial charge in [0.05, 0.1) is 25.7 Å². The molecule has 1 aromatic carbocycles. The van der Waals surface area contributed by atoms with Gasteiger partial charge < -0.3 is 14.4 Å². The molecule has 2 bridgehead atoms. The quantitative estimate of drug-likeness (QED) is 0.613. The number of anilines is 1. The summed E-state index contributed by atoms with van der Waals surface area (Å²) in [6.07, 6.45) is 3.48. The number of ether oxygens (including phenoxy) is 2. The molecule has 2 saturated heterocycles. The van der Waals surface area contributed by atoms with Gasteiger partial charge in [-0.2, -0.15) is 0 Å². The van der Waals surface area contributed by atoms with Crippen LogP contribution in [0.3, 0.4) is 0 Å². The number of carbonyl (C=O) groups is 2. The van der Waals surface area contributed by atoms with Crippen LogP contribution < -0.4 is 4.90 Å². The van der Waals surface area contributed by atoms with Crippen molar-refractivity contribution in [2.45, 2.75) is 18.6 Å². The summed E-state index contributed by atoms with van der Waals surface area (Å²) in [7, 11) is 1.35.